The van der Waals surface area contributed by atoms with Crippen LogP contribution in [0.3, 0.4) is 0 Å². The largest absolute Gasteiger partial charge is 0.356 e. The Morgan fingerprint density at radius 2 is 2.05 bits per heavy atom. The molecular formula is C13H22N2O3S2. The van der Waals surface area contributed by atoms with Gasteiger partial charge in [0.15, 0.2) is 0 Å². The van der Waals surface area contributed by atoms with Gasteiger partial charge in [-0.25, -0.2) is 13.6 Å². The number of nitrogens with two attached hydrogens (primary N) is 1. The SMILES string of the molecule is CCCCCCC(=O)NCCc1ccc(S(N)(=O)=O)s1. The lowest BCUT2D eigenvalue weighted by atomic mass is 10.1. The number of nitrogens with one attached hydrogen (secondary N) is 1. The summed E-state index contributed by atoms with van der Waals surface area (Å²) < 4.78 is 22.4. The van der Waals surface area contributed by atoms with E-state index in [9.17, 15) is 13.2 Å². The van der Waals surface area contributed by atoms with Gasteiger partial charge in [0.25, 0.3) is 0 Å². The summed E-state index contributed by atoms with van der Waals surface area (Å²) in [6.07, 6.45) is 5.53. The number of thiophene rings is 1. The first-order valence-corrected chi connectivity index (χ1v) is 9.18. The number of sulfonamides is 1. The molecule has 0 atom stereocenters. The fraction of sp³-hybridized carbons (Fsp3) is 0.615. The van der Waals surface area contributed by atoms with E-state index in [2.05, 4.69) is 12.2 Å². The molecule has 1 amide bonds. The fourth-order valence-corrected chi connectivity index (χ4v) is 3.55. The van der Waals surface area contributed by atoms with Gasteiger partial charge in [-0.15, -0.1) is 11.3 Å². The van der Waals surface area contributed by atoms with Crippen molar-refractivity contribution in [1.82, 2.24) is 5.32 Å². The van der Waals surface area contributed by atoms with Crippen LogP contribution < -0.4 is 10.5 Å². The van der Waals surface area contributed by atoms with Crippen molar-refractivity contribution in [2.24, 2.45) is 5.14 Å². The number of primary sulfonamides is 1. The maximum Gasteiger partial charge on any atom is 0.247 e. The highest BCUT2D eigenvalue weighted by Crippen LogP contribution is 2.20. The molecule has 5 nitrogen and oxygen atoms in total. The normalized spacial score (nSPS) is 11.5. The first-order valence-electron chi connectivity index (χ1n) is 6.81. The highest BCUT2D eigenvalue weighted by Gasteiger charge is 2.11. The third kappa shape index (κ3) is 6.49. The molecule has 1 aromatic rings. The fourth-order valence-electron chi connectivity index (χ4n) is 1.77. The van der Waals surface area contributed by atoms with Gasteiger partial charge >= 0.3 is 0 Å². The molecule has 0 unspecified atom stereocenters. The van der Waals surface area contributed by atoms with E-state index in [1.165, 1.54) is 12.5 Å². The highest BCUT2D eigenvalue weighted by molar-refractivity contribution is 7.91. The molecule has 1 rings (SSSR count). The average molecular weight is 318 g/mol. The van der Waals surface area contributed by atoms with Gasteiger partial charge in [-0.05, 0) is 25.0 Å². The van der Waals surface area contributed by atoms with E-state index >= 15 is 0 Å². The zero-order valence-corrected chi connectivity index (χ0v) is 13.4. The summed E-state index contributed by atoms with van der Waals surface area (Å²) in [6, 6.07) is 3.24. The van der Waals surface area contributed by atoms with Gasteiger partial charge in [-0.3, -0.25) is 4.79 Å². The minimum Gasteiger partial charge on any atom is -0.356 e. The molecule has 0 aromatic carbocycles. The van der Waals surface area contributed by atoms with Gasteiger partial charge in [0.1, 0.15) is 4.21 Å². The Bertz CT molecular complexity index is 523. The molecule has 1 heterocycles. The molecule has 0 spiro atoms. The molecule has 3 N–H and O–H groups in total. The van der Waals surface area contributed by atoms with Crippen LogP contribution in [0.4, 0.5) is 0 Å². The van der Waals surface area contributed by atoms with E-state index in [1.54, 1.807) is 6.07 Å². The molecule has 0 aliphatic rings. The van der Waals surface area contributed by atoms with Gasteiger partial charge in [-0.1, -0.05) is 26.2 Å². The summed E-state index contributed by atoms with van der Waals surface area (Å²) in [5, 5.41) is 7.88. The molecule has 0 saturated carbocycles. The number of carbonyl (C=O) groups is 1. The molecule has 0 fully saturated rings. The third-order valence-electron chi connectivity index (χ3n) is 2.87. The maximum absolute atomic E-state index is 11.5. The van der Waals surface area contributed by atoms with Crippen LogP contribution in [-0.2, 0) is 21.2 Å². The van der Waals surface area contributed by atoms with Crippen LogP contribution in [0.2, 0.25) is 0 Å². The monoisotopic (exact) mass is 318 g/mol. The second-order valence-electron chi connectivity index (χ2n) is 4.68. The number of hydrogen-bond acceptors (Lipinski definition) is 4. The molecule has 0 radical (unpaired) electrons. The summed E-state index contributed by atoms with van der Waals surface area (Å²) in [6.45, 7) is 2.66. The lowest BCUT2D eigenvalue weighted by Crippen LogP contribution is -2.25. The van der Waals surface area contributed by atoms with Crippen molar-refractivity contribution in [2.45, 2.75) is 49.7 Å². The first-order chi connectivity index (χ1) is 9.43. The van der Waals surface area contributed by atoms with Crippen molar-refractivity contribution in [2.75, 3.05) is 6.54 Å². The Labute approximate surface area is 124 Å². The number of amides is 1. The predicted molar refractivity (Wildman–Crippen MR) is 81.2 cm³/mol. The smallest absolute Gasteiger partial charge is 0.247 e. The van der Waals surface area contributed by atoms with Crippen molar-refractivity contribution in [1.29, 1.82) is 0 Å². The minimum atomic E-state index is -3.61. The summed E-state index contributed by atoms with van der Waals surface area (Å²) in [4.78, 5) is 12.4. The van der Waals surface area contributed by atoms with Crippen LogP contribution in [0.5, 0.6) is 0 Å². The van der Waals surface area contributed by atoms with Crippen LogP contribution >= 0.6 is 11.3 Å². The number of carbonyl (C=O) groups excluding carboxylic acids is 1. The van der Waals surface area contributed by atoms with E-state index in [-0.39, 0.29) is 10.1 Å². The first kappa shape index (κ1) is 17.1. The lowest BCUT2D eigenvalue weighted by Gasteiger charge is -2.03. The van der Waals surface area contributed by atoms with Gasteiger partial charge in [-0.2, -0.15) is 0 Å². The molecule has 0 saturated heterocycles. The van der Waals surface area contributed by atoms with Gasteiger partial charge in [0.05, 0.1) is 0 Å². The highest BCUT2D eigenvalue weighted by atomic mass is 32.2. The Kier molecular flexibility index (Phi) is 7.18. The average Bonchev–Trinajstić information content (AvgIpc) is 2.83. The summed E-state index contributed by atoms with van der Waals surface area (Å²) in [5.41, 5.74) is 0. The van der Waals surface area contributed by atoms with Crippen LogP contribution in [0, 0.1) is 0 Å². The number of rotatable bonds is 9. The topological polar surface area (TPSA) is 89.3 Å². The molecule has 1 aromatic heterocycles. The molecule has 0 aliphatic carbocycles. The van der Waals surface area contributed by atoms with Crippen molar-refractivity contribution < 1.29 is 13.2 Å². The van der Waals surface area contributed by atoms with E-state index in [1.807, 2.05) is 0 Å². The Morgan fingerprint density at radius 1 is 1.30 bits per heavy atom. The van der Waals surface area contributed by atoms with Crippen molar-refractivity contribution in [3.05, 3.63) is 17.0 Å². The summed E-state index contributed by atoms with van der Waals surface area (Å²) >= 11 is 1.15. The Hall–Kier alpha value is -0.920. The Morgan fingerprint density at radius 3 is 2.65 bits per heavy atom. The minimum absolute atomic E-state index is 0.0596. The molecular weight excluding hydrogens is 296 g/mol. The van der Waals surface area contributed by atoms with E-state index < -0.39 is 10.0 Å². The second kappa shape index (κ2) is 8.39. The van der Waals surface area contributed by atoms with Crippen molar-refractivity contribution in [3.63, 3.8) is 0 Å². The van der Waals surface area contributed by atoms with Crippen LogP contribution in [-0.4, -0.2) is 20.9 Å². The van der Waals surface area contributed by atoms with Gasteiger partial charge in [0, 0.05) is 17.8 Å². The van der Waals surface area contributed by atoms with Crippen LogP contribution in [0.1, 0.15) is 43.9 Å². The number of hydrogen-bond donors (Lipinski definition) is 2. The van der Waals surface area contributed by atoms with Crippen LogP contribution in [0.15, 0.2) is 16.3 Å². The zero-order chi connectivity index (χ0) is 15.0. The van der Waals surface area contributed by atoms with Crippen molar-refractivity contribution in [3.8, 4) is 0 Å². The molecule has 20 heavy (non-hydrogen) atoms. The van der Waals surface area contributed by atoms with E-state index in [0.29, 0.717) is 19.4 Å². The summed E-state index contributed by atoms with van der Waals surface area (Å²) in [5.74, 6) is 0.0596. The molecule has 0 bridgehead atoms. The standard InChI is InChI=1S/C13H22N2O3S2/c1-2-3-4-5-6-12(16)15-10-9-11-7-8-13(19-11)20(14,17)18/h7-8H,2-6,9-10H2,1H3,(H,15,16)(H2,14,17,18). The van der Waals surface area contributed by atoms with Crippen LogP contribution in [0.25, 0.3) is 0 Å². The molecule has 114 valence electrons. The van der Waals surface area contributed by atoms with Gasteiger partial charge in [0.2, 0.25) is 15.9 Å². The van der Waals surface area contributed by atoms with Gasteiger partial charge < -0.3 is 5.32 Å². The summed E-state index contributed by atoms with van der Waals surface area (Å²) in [7, 11) is -3.61. The zero-order valence-electron chi connectivity index (χ0n) is 11.7. The van der Waals surface area contributed by atoms with E-state index in [0.717, 1.165) is 35.5 Å². The predicted octanol–water partition coefficient (Wildman–Crippen LogP) is 2.02. The number of unbranched alkanes of at least 4 members (excludes halogenated alkanes) is 3. The molecule has 0 aliphatic heterocycles. The molecule has 7 heteroatoms. The van der Waals surface area contributed by atoms with Crippen molar-refractivity contribution >= 4 is 27.3 Å². The maximum atomic E-state index is 11.5. The quantitative estimate of drug-likeness (QED) is 0.683. The Balaban J connectivity index is 2.24. The third-order valence-corrected chi connectivity index (χ3v) is 5.45. The second-order valence-corrected chi connectivity index (χ2v) is 7.63. The van der Waals surface area contributed by atoms with E-state index in [4.69, 9.17) is 5.14 Å². The lowest BCUT2D eigenvalue weighted by molar-refractivity contribution is -0.121.